The van der Waals surface area contributed by atoms with Crippen molar-refractivity contribution < 1.29 is 14.3 Å². The van der Waals surface area contributed by atoms with E-state index in [1.54, 1.807) is 0 Å². The maximum atomic E-state index is 11.8. The Bertz CT molecular complexity index is 1090. The van der Waals surface area contributed by atoms with Crippen LogP contribution in [-0.4, -0.2) is 28.3 Å². The van der Waals surface area contributed by atoms with Gasteiger partial charge in [-0.1, -0.05) is 18.2 Å². The zero-order valence-corrected chi connectivity index (χ0v) is 13.9. The zero-order valence-electron chi connectivity index (χ0n) is 13.9. The highest BCUT2D eigenvalue weighted by atomic mass is 16.5. The Kier molecular flexibility index (Phi) is 3.62. The van der Waals surface area contributed by atoms with E-state index in [1.807, 2.05) is 30.5 Å². The Morgan fingerprint density at radius 3 is 3.04 bits per heavy atom. The number of nitrogens with one attached hydrogen (secondary N) is 2. The number of nitrogens with zero attached hydrogens (tertiary/aromatic N) is 2. The molecule has 0 aliphatic carbocycles. The Morgan fingerprint density at radius 2 is 2.27 bits per heavy atom. The SMILES string of the molecule is COC(=O)Cc1[nH]nc2c1[C@@H](c1c[nH]c3ccccc13)C(C#N)=C(N)O2. The van der Waals surface area contributed by atoms with Crippen molar-refractivity contribution in [3.63, 3.8) is 0 Å². The monoisotopic (exact) mass is 349 g/mol. The van der Waals surface area contributed by atoms with Crippen LogP contribution in [0.15, 0.2) is 41.9 Å². The lowest BCUT2D eigenvalue weighted by Crippen LogP contribution is -2.21. The zero-order chi connectivity index (χ0) is 18.3. The van der Waals surface area contributed by atoms with E-state index in [0.29, 0.717) is 11.3 Å². The number of esters is 1. The molecule has 0 spiro atoms. The van der Waals surface area contributed by atoms with E-state index in [1.165, 1.54) is 7.11 Å². The molecule has 0 fully saturated rings. The van der Waals surface area contributed by atoms with Gasteiger partial charge in [-0.3, -0.25) is 9.89 Å². The molecule has 26 heavy (non-hydrogen) atoms. The summed E-state index contributed by atoms with van der Waals surface area (Å²) in [6, 6.07) is 9.89. The van der Waals surface area contributed by atoms with E-state index >= 15 is 0 Å². The average molecular weight is 349 g/mol. The molecule has 4 rings (SSSR count). The van der Waals surface area contributed by atoms with E-state index in [9.17, 15) is 10.1 Å². The second kappa shape index (κ2) is 5.97. The Morgan fingerprint density at radius 1 is 1.46 bits per heavy atom. The summed E-state index contributed by atoms with van der Waals surface area (Å²) in [6.45, 7) is 0. The highest BCUT2D eigenvalue weighted by Gasteiger charge is 2.36. The summed E-state index contributed by atoms with van der Waals surface area (Å²) in [5.74, 6) is -0.657. The number of methoxy groups -OCH3 is 1. The molecule has 0 saturated heterocycles. The van der Waals surface area contributed by atoms with Gasteiger partial charge >= 0.3 is 5.97 Å². The Balaban J connectivity index is 1.94. The van der Waals surface area contributed by atoms with Crippen LogP contribution >= 0.6 is 0 Å². The number of benzene rings is 1. The van der Waals surface area contributed by atoms with Crippen molar-refractivity contribution in [2.45, 2.75) is 12.3 Å². The van der Waals surface area contributed by atoms with Crippen molar-refractivity contribution >= 4 is 16.9 Å². The third-order valence-corrected chi connectivity index (χ3v) is 4.50. The number of hydrogen-bond donors (Lipinski definition) is 3. The van der Waals surface area contributed by atoms with Crippen LogP contribution in [0.3, 0.4) is 0 Å². The number of H-pyrrole nitrogens is 2. The molecule has 0 unspecified atom stereocenters. The first-order valence-corrected chi connectivity index (χ1v) is 7.91. The summed E-state index contributed by atoms with van der Waals surface area (Å²) < 4.78 is 10.3. The van der Waals surface area contributed by atoms with Gasteiger partial charge in [0, 0.05) is 17.1 Å². The normalized spacial score (nSPS) is 16.1. The van der Waals surface area contributed by atoms with Crippen molar-refractivity contribution in [1.82, 2.24) is 15.2 Å². The van der Waals surface area contributed by atoms with E-state index in [-0.39, 0.29) is 23.8 Å². The van der Waals surface area contributed by atoms with Gasteiger partial charge in [0.1, 0.15) is 11.6 Å². The number of nitriles is 1. The quantitative estimate of drug-likeness (QED) is 0.618. The van der Waals surface area contributed by atoms with Gasteiger partial charge in [0.25, 0.3) is 0 Å². The lowest BCUT2D eigenvalue weighted by Gasteiger charge is -2.23. The number of aromatic nitrogens is 3. The molecule has 0 amide bonds. The van der Waals surface area contributed by atoms with Gasteiger partial charge in [0.15, 0.2) is 0 Å². The van der Waals surface area contributed by atoms with E-state index in [0.717, 1.165) is 16.5 Å². The second-order valence-corrected chi connectivity index (χ2v) is 5.89. The third kappa shape index (κ3) is 2.29. The van der Waals surface area contributed by atoms with Gasteiger partial charge in [-0.2, -0.15) is 5.26 Å². The number of fused-ring (bicyclic) bond motifs is 2. The molecule has 0 bridgehead atoms. The van der Waals surface area contributed by atoms with Crippen LogP contribution in [0.4, 0.5) is 0 Å². The predicted octanol–water partition coefficient (Wildman–Crippen LogP) is 1.82. The van der Waals surface area contributed by atoms with Crippen molar-refractivity contribution in [1.29, 1.82) is 5.26 Å². The molecular weight excluding hydrogens is 334 g/mol. The Labute approximate surface area is 148 Å². The highest BCUT2D eigenvalue weighted by molar-refractivity contribution is 5.85. The van der Waals surface area contributed by atoms with Gasteiger partial charge in [0.05, 0.1) is 30.7 Å². The molecule has 3 heterocycles. The topological polar surface area (TPSA) is 130 Å². The number of allylic oxidation sites excluding steroid dienone is 1. The fraction of sp³-hybridized carbons (Fsp3) is 0.167. The van der Waals surface area contributed by atoms with Crippen LogP contribution in [0.1, 0.15) is 22.7 Å². The van der Waals surface area contributed by atoms with E-state index < -0.39 is 11.9 Å². The van der Waals surface area contributed by atoms with Gasteiger partial charge in [0.2, 0.25) is 11.8 Å². The van der Waals surface area contributed by atoms with Crippen LogP contribution in [0, 0.1) is 11.3 Å². The van der Waals surface area contributed by atoms with Gasteiger partial charge in [-0.05, 0) is 11.6 Å². The van der Waals surface area contributed by atoms with Crippen molar-refractivity contribution in [2.24, 2.45) is 5.73 Å². The minimum atomic E-state index is -0.502. The first-order chi connectivity index (χ1) is 12.6. The summed E-state index contributed by atoms with van der Waals surface area (Å²) in [4.78, 5) is 15.0. The van der Waals surface area contributed by atoms with Crippen molar-refractivity contribution in [2.75, 3.05) is 7.11 Å². The number of carbonyl (C=O) groups excluding carboxylic acids is 1. The summed E-state index contributed by atoms with van der Waals surface area (Å²) >= 11 is 0. The van der Waals surface area contributed by atoms with E-state index in [2.05, 4.69) is 21.3 Å². The maximum Gasteiger partial charge on any atom is 0.311 e. The molecule has 0 radical (unpaired) electrons. The lowest BCUT2D eigenvalue weighted by molar-refractivity contribution is -0.139. The predicted molar refractivity (Wildman–Crippen MR) is 91.9 cm³/mol. The standard InChI is InChI=1S/C18H15N5O3/c1-25-14(24)6-13-16-15(10(7-19)17(20)26-18(16)23-22-13)11-8-21-12-5-3-2-4-9(11)12/h2-5,8,15,21H,6,20H2,1H3,(H,22,23)/t15-/m1/s1. The summed E-state index contributed by atoms with van der Waals surface area (Å²) in [7, 11) is 1.32. The smallest absolute Gasteiger partial charge is 0.311 e. The molecule has 3 aromatic rings. The molecule has 130 valence electrons. The number of carbonyl (C=O) groups is 1. The van der Waals surface area contributed by atoms with Crippen LogP contribution in [0.5, 0.6) is 5.88 Å². The Hall–Kier alpha value is -3.73. The van der Waals surface area contributed by atoms with Gasteiger partial charge in [-0.25, -0.2) is 0 Å². The average Bonchev–Trinajstić information content (AvgIpc) is 3.25. The van der Waals surface area contributed by atoms with Gasteiger partial charge < -0.3 is 20.2 Å². The van der Waals surface area contributed by atoms with Gasteiger partial charge in [-0.15, -0.1) is 5.10 Å². The molecule has 1 aromatic carbocycles. The fourth-order valence-corrected chi connectivity index (χ4v) is 3.30. The van der Waals surface area contributed by atoms with Crippen molar-refractivity contribution in [3.8, 4) is 11.9 Å². The minimum absolute atomic E-state index is 0.00593. The lowest BCUT2D eigenvalue weighted by atomic mass is 9.83. The fourth-order valence-electron chi connectivity index (χ4n) is 3.30. The molecule has 0 saturated carbocycles. The molecule has 1 aliphatic heterocycles. The first kappa shape index (κ1) is 15.8. The summed E-state index contributed by atoms with van der Waals surface area (Å²) in [5.41, 5.74) is 9.17. The molecule has 2 aromatic heterocycles. The third-order valence-electron chi connectivity index (χ3n) is 4.50. The maximum absolute atomic E-state index is 11.8. The summed E-state index contributed by atoms with van der Waals surface area (Å²) in [6.07, 6.45) is 1.82. The molecule has 8 nitrogen and oxygen atoms in total. The second-order valence-electron chi connectivity index (χ2n) is 5.89. The number of rotatable bonds is 3. The van der Waals surface area contributed by atoms with E-state index in [4.69, 9.17) is 15.2 Å². The number of ether oxygens (including phenoxy) is 2. The van der Waals surface area contributed by atoms with Crippen LogP contribution < -0.4 is 10.5 Å². The largest absolute Gasteiger partial charge is 0.469 e. The number of para-hydroxylation sites is 1. The van der Waals surface area contributed by atoms with Crippen LogP contribution in [-0.2, 0) is 16.0 Å². The number of aromatic amines is 2. The highest BCUT2D eigenvalue weighted by Crippen LogP contribution is 2.44. The molecule has 8 heteroatoms. The molecule has 1 atom stereocenters. The van der Waals surface area contributed by atoms with Crippen molar-refractivity contribution in [3.05, 3.63) is 58.7 Å². The molecule has 4 N–H and O–H groups in total. The molecule has 1 aliphatic rings. The molecular formula is C18H15N5O3. The summed E-state index contributed by atoms with van der Waals surface area (Å²) in [5, 5.41) is 17.6. The minimum Gasteiger partial charge on any atom is -0.469 e. The van der Waals surface area contributed by atoms with Crippen LogP contribution in [0.2, 0.25) is 0 Å². The number of hydrogen-bond acceptors (Lipinski definition) is 6. The first-order valence-electron chi connectivity index (χ1n) is 7.91. The van der Waals surface area contributed by atoms with Crippen LogP contribution in [0.25, 0.3) is 10.9 Å². The number of nitrogens with two attached hydrogens (primary N) is 1.